The summed E-state index contributed by atoms with van der Waals surface area (Å²) in [6.07, 6.45) is 0. The van der Waals surface area contributed by atoms with Crippen LogP contribution in [0.2, 0.25) is 0 Å². The van der Waals surface area contributed by atoms with Gasteiger partial charge in [-0.25, -0.2) is 12.7 Å². The molecule has 0 saturated carbocycles. The second-order valence-electron chi connectivity index (χ2n) is 4.41. The molecule has 0 aromatic heterocycles. The third kappa shape index (κ3) is 5.43. The van der Waals surface area contributed by atoms with E-state index < -0.39 is 10.0 Å². The van der Waals surface area contributed by atoms with E-state index in [1.807, 2.05) is 0 Å². The highest BCUT2D eigenvalue weighted by atomic mass is 32.2. The summed E-state index contributed by atoms with van der Waals surface area (Å²) in [6.45, 7) is 0.608. The van der Waals surface area contributed by atoms with Crippen LogP contribution in [0.1, 0.15) is 0 Å². The van der Waals surface area contributed by atoms with Crippen molar-refractivity contribution < 1.29 is 22.7 Å². The van der Waals surface area contributed by atoms with Crippen LogP contribution in [-0.2, 0) is 24.3 Å². The number of carbonyl (C=O) groups is 1. The zero-order valence-electron chi connectivity index (χ0n) is 12.3. The summed E-state index contributed by atoms with van der Waals surface area (Å²) in [4.78, 5) is 11.7. The minimum Gasteiger partial charge on any atom is -0.382 e. The van der Waals surface area contributed by atoms with E-state index in [9.17, 15) is 13.2 Å². The first-order valence-corrected chi connectivity index (χ1v) is 7.71. The highest BCUT2D eigenvalue weighted by Gasteiger charge is 2.17. The Bertz CT molecular complexity index is 572. The largest absolute Gasteiger partial charge is 0.382 e. The summed E-state index contributed by atoms with van der Waals surface area (Å²) >= 11 is 0. The first kappa shape index (κ1) is 17.6. The summed E-state index contributed by atoms with van der Waals surface area (Å²) in [5.41, 5.74) is 0.401. The number of methoxy groups -OCH3 is 1. The number of rotatable bonds is 8. The molecule has 0 aliphatic carbocycles. The van der Waals surface area contributed by atoms with Crippen LogP contribution in [0.15, 0.2) is 29.2 Å². The second-order valence-corrected chi connectivity index (χ2v) is 6.56. The van der Waals surface area contributed by atoms with Crippen molar-refractivity contribution in [3.63, 3.8) is 0 Å². The van der Waals surface area contributed by atoms with Gasteiger partial charge in [-0.2, -0.15) is 0 Å². The van der Waals surface area contributed by atoms with Gasteiger partial charge in [0, 0.05) is 26.9 Å². The molecule has 7 nitrogen and oxygen atoms in total. The lowest BCUT2D eigenvalue weighted by Gasteiger charge is -2.12. The SMILES string of the molecule is COCCOCC(=O)Nc1cccc(S(=O)(=O)N(C)C)c1. The predicted octanol–water partition coefficient (Wildman–Crippen LogP) is 0.538. The lowest BCUT2D eigenvalue weighted by molar-refractivity contribution is -0.121. The van der Waals surface area contributed by atoms with Gasteiger partial charge < -0.3 is 14.8 Å². The van der Waals surface area contributed by atoms with Gasteiger partial charge in [0.2, 0.25) is 15.9 Å². The predicted molar refractivity (Wildman–Crippen MR) is 78.6 cm³/mol. The smallest absolute Gasteiger partial charge is 0.250 e. The van der Waals surface area contributed by atoms with Gasteiger partial charge in [0.05, 0.1) is 18.1 Å². The number of carbonyl (C=O) groups excluding carboxylic acids is 1. The van der Waals surface area contributed by atoms with E-state index in [1.165, 1.54) is 26.2 Å². The van der Waals surface area contributed by atoms with Crippen molar-refractivity contribution >= 4 is 21.6 Å². The standard InChI is InChI=1S/C13H20N2O5S/c1-15(2)21(17,18)12-6-4-5-11(9-12)14-13(16)10-20-8-7-19-3/h4-6,9H,7-8,10H2,1-3H3,(H,14,16). The van der Waals surface area contributed by atoms with Crippen LogP contribution in [0.4, 0.5) is 5.69 Å². The quantitative estimate of drug-likeness (QED) is 0.708. The number of anilines is 1. The second kappa shape index (κ2) is 8.08. The minimum absolute atomic E-state index is 0.116. The van der Waals surface area contributed by atoms with E-state index in [2.05, 4.69) is 5.32 Å². The first-order valence-electron chi connectivity index (χ1n) is 6.27. The van der Waals surface area contributed by atoms with Crippen LogP contribution in [0.25, 0.3) is 0 Å². The van der Waals surface area contributed by atoms with E-state index in [-0.39, 0.29) is 17.4 Å². The maximum absolute atomic E-state index is 12.0. The molecular formula is C13H20N2O5S. The molecule has 0 heterocycles. The van der Waals surface area contributed by atoms with Crippen LogP contribution < -0.4 is 5.32 Å². The number of hydrogen-bond acceptors (Lipinski definition) is 5. The summed E-state index contributed by atoms with van der Waals surface area (Å²) < 4.78 is 35.0. The zero-order chi connectivity index (χ0) is 15.9. The molecule has 1 aromatic carbocycles. The van der Waals surface area contributed by atoms with Crippen molar-refractivity contribution in [1.29, 1.82) is 0 Å². The summed E-state index contributed by atoms with van der Waals surface area (Å²) in [5.74, 6) is -0.356. The van der Waals surface area contributed by atoms with Crippen LogP contribution in [0.3, 0.4) is 0 Å². The van der Waals surface area contributed by atoms with Crippen molar-refractivity contribution in [1.82, 2.24) is 4.31 Å². The van der Waals surface area contributed by atoms with E-state index in [1.54, 1.807) is 19.2 Å². The molecule has 1 rings (SSSR count). The molecule has 0 aliphatic heterocycles. The number of benzene rings is 1. The molecule has 1 aromatic rings. The molecule has 0 atom stereocenters. The van der Waals surface area contributed by atoms with Crippen LogP contribution in [0, 0.1) is 0 Å². The first-order chi connectivity index (χ1) is 9.87. The molecule has 1 N–H and O–H groups in total. The lowest BCUT2D eigenvalue weighted by Crippen LogP contribution is -2.23. The number of amides is 1. The van der Waals surface area contributed by atoms with Crippen molar-refractivity contribution in [2.75, 3.05) is 46.3 Å². The number of nitrogens with one attached hydrogen (secondary N) is 1. The van der Waals surface area contributed by atoms with Gasteiger partial charge in [-0.3, -0.25) is 4.79 Å². The molecule has 21 heavy (non-hydrogen) atoms. The Morgan fingerprint density at radius 2 is 2.00 bits per heavy atom. The van der Waals surface area contributed by atoms with E-state index in [0.717, 1.165) is 4.31 Å². The minimum atomic E-state index is -3.53. The van der Waals surface area contributed by atoms with E-state index in [0.29, 0.717) is 18.9 Å². The van der Waals surface area contributed by atoms with Crippen molar-refractivity contribution in [2.45, 2.75) is 4.90 Å². The number of ether oxygens (including phenoxy) is 2. The molecule has 0 radical (unpaired) electrons. The molecule has 0 unspecified atom stereocenters. The van der Waals surface area contributed by atoms with Gasteiger partial charge in [0.1, 0.15) is 6.61 Å². The highest BCUT2D eigenvalue weighted by Crippen LogP contribution is 2.17. The molecule has 0 bridgehead atoms. The zero-order valence-corrected chi connectivity index (χ0v) is 13.1. The molecule has 0 aliphatic rings. The molecule has 1 amide bonds. The number of nitrogens with zero attached hydrogens (tertiary/aromatic N) is 1. The van der Waals surface area contributed by atoms with Crippen LogP contribution >= 0.6 is 0 Å². The lowest BCUT2D eigenvalue weighted by atomic mass is 10.3. The third-order valence-corrected chi connectivity index (χ3v) is 4.37. The Kier molecular flexibility index (Phi) is 6.76. The average molecular weight is 316 g/mol. The number of sulfonamides is 1. The highest BCUT2D eigenvalue weighted by molar-refractivity contribution is 7.89. The van der Waals surface area contributed by atoms with E-state index >= 15 is 0 Å². The summed E-state index contributed by atoms with van der Waals surface area (Å²) in [6, 6.07) is 6.06. The van der Waals surface area contributed by atoms with Crippen LogP contribution in [0.5, 0.6) is 0 Å². The normalized spacial score (nSPS) is 11.6. The van der Waals surface area contributed by atoms with Crippen molar-refractivity contribution in [2.24, 2.45) is 0 Å². The Morgan fingerprint density at radius 1 is 1.29 bits per heavy atom. The van der Waals surface area contributed by atoms with Gasteiger partial charge in [-0.15, -0.1) is 0 Å². The van der Waals surface area contributed by atoms with Gasteiger partial charge in [0.25, 0.3) is 0 Å². The Morgan fingerprint density at radius 3 is 2.62 bits per heavy atom. The van der Waals surface area contributed by atoms with Crippen LogP contribution in [-0.4, -0.2) is 59.7 Å². The Hall–Kier alpha value is -1.48. The van der Waals surface area contributed by atoms with Crippen molar-refractivity contribution in [3.05, 3.63) is 24.3 Å². The van der Waals surface area contributed by atoms with E-state index in [4.69, 9.17) is 9.47 Å². The van der Waals surface area contributed by atoms with Gasteiger partial charge >= 0.3 is 0 Å². The molecule has 0 fully saturated rings. The monoisotopic (exact) mass is 316 g/mol. The fourth-order valence-corrected chi connectivity index (χ4v) is 2.40. The van der Waals surface area contributed by atoms with Gasteiger partial charge in [-0.05, 0) is 18.2 Å². The maximum Gasteiger partial charge on any atom is 0.250 e. The molecule has 8 heteroatoms. The molecule has 0 saturated heterocycles. The molecule has 118 valence electrons. The Balaban J connectivity index is 2.67. The Labute approximate surface area is 124 Å². The summed E-state index contributed by atoms with van der Waals surface area (Å²) in [7, 11) is 0.914. The summed E-state index contributed by atoms with van der Waals surface area (Å²) in [5, 5.41) is 2.58. The molecule has 0 spiro atoms. The third-order valence-electron chi connectivity index (χ3n) is 2.56. The van der Waals surface area contributed by atoms with Crippen molar-refractivity contribution in [3.8, 4) is 0 Å². The maximum atomic E-state index is 12.0. The topological polar surface area (TPSA) is 84.9 Å². The number of hydrogen-bond donors (Lipinski definition) is 1. The van der Waals surface area contributed by atoms with Gasteiger partial charge in [-0.1, -0.05) is 6.07 Å². The fourth-order valence-electron chi connectivity index (χ4n) is 1.45. The average Bonchev–Trinajstić information content (AvgIpc) is 2.43. The molecular weight excluding hydrogens is 296 g/mol. The van der Waals surface area contributed by atoms with Gasteiger partial charge in [0.15, 0.2) is 0 Å². The fraction of sp³-hybridized carbons (Fsp3) is 0.462.